The zero-order valence-electron chi connectivity index (χ0n) is 18.4. The van der Waals surface area contributed by atoms with Gasteiger partial charge in [-0.2, -0.15) is 0 Å². The van der Waals surface area contributed by atoms with Gasteiger partial charge in [0.05, 0.1) is 5.56 Å². The van der Waals surface area contributed by atoms with Crippen molar-refractivity contribution in [1.29, 1.82) is 0 Å². The molecule has 7 nitrogen and oxygen atoms in total. The van der Waals surface area contributed by atoms with E-state index in [9.17, 15) is 14.4 Å². The van der Waals surface area contributed by atoms with Crippen LogP contribution in [-0.2, 0) is 18.9 Å². The first-order chi connectivity index (χ1) is 14.0. The van der Waals surface area contributed by atoms with E-state index in [1.165, 1.54) is 11.6 Å². The summed E-state index contributed by atoms with van der Waals surface area (Å²) in [6, 6.07) is 7.91. The topological polar surface area (TPSA) is 76.3 Å². The molecule has 2 aromatic rings. The Morgan fingerprint density at radius 1 is 1.00 bits per heavy atom. The Hall–Kier alpha value is -3.09. The molecule has 1 aliphatic carbocycles. The summed E-state index contributed by atoms with van der Waals surface area (Å²) in [6.45, 7) is 4.13. The van der Waals surface area contributed by atoms with Gasteiger partial charge in [-0.15, -0.1) is 0 Å². The molecular weight excluding hydrogens is 380 g/mol. The van der Waals surface area contributed by atoms with Crippen molar-refractivity contribution < 1.29 is 4.79 Å². The molecule has 0 saturated heterocycles. The molecule has 2 aliphatic rings. The van der Waals surface area contributed by atoms with Crippen molar-refractivity contribution in [2.45, 2.75) is 32.6 Å². The smallest absolute Gasteiger partial charge is 0.332 e. The Bertz CT molecular complexity index is 1200. The van der Waals surface area contributed by atoms with Gasteiger partial charge in [0, 0.05) is 57.5 Å². The number of rotatable bonds is 2. The van der Waals surface area contributed by atoms with E-state index in [1.807, 2.05) is 43.3 Å². The van der Waals surface area contributed by atoms with Crippen LogP contribution in [0.3, 0.4) is 0 Å². The van der Waals surface area contributed by atoms with Crippen molar-refractivity contribution in [1.82, 2.24) is 9.13 Å². The lowest BCUT2D eigenvalue weighted by Gasteiger charge is -2.39. The van der Waals surface area contributed by atoms with E-state index in [-0.39, 0.29) is 16.8 Å². The Morgan fingerprint density at radius 3 is 2.23 bits per heavy atom. The molecule has 7 heteroatoms. The van der Waals surface area contributed by atoms with Crippen LogP contribution in [0.25, 0.3) is 0 Å². The van der Waals surface area contributed by atoms with Gasteiger partial charge in [-0.3, -0.25) is 18.7 Å². The van der Waals surface area contributed by atoms with Crippen LogP contribution in [0.15, 0.2) is 45.1 Å². The first kappa shape index (κ1) is 20.2. The van der Waals surface area contributed by atoms with Gasteiger partial charge in [0.15, 0.2) is 5.78 Å². The maximum atomic E-state index is 13.3. The average Bonchev–Trinajstić information content (AvgIpc) is 2.68. The fourth-order valence-electron chi connectivity index (χ4n) is 4.65. The van der Waals surface area contributed by atoms with Gasteiger partial charge in [-0.25, -0.2) is 4.79 Å². The molecule has 1 aromatic carbocycles. The third kappa shape index (κ3) is 3.00. The van der Waals surface area contributed by atoms with Crippen molar-refractivity contribution in [2.24, 2.45) is 19.5 Å². The van der Waals surface area contributed by atoms with E-state index in [0.717, 1.165) is 21.5 Å². The molecule has 158 valence electrons. The Kier molecular flexibility index (Phi) is 4.52. The number of nitrogens with zero attached hydrogens (tertiary/aromatic N) is 3. The molecule has 1 atom stereocenters. The van der Waals surface area contributed by atoms with Crippen molar-refractivity contribution in [2.75, 3.05) is 24.3 Å². The highest BCUT2D eigenvalue weighted by Gasteiger charge is 2.42. The van der Waals surface area contributed by atoms with E-state index < -0.39 is 11.6 Å². The maximum Gasteiger partial charge on any atom is 0.332 e. The number of carbonyl (C=O) groups excluding carboxylic acids is 1. The number of allylic oxidation sites excluding steroid dienone is 2. The quantitative estimate of drug-likeness (QED) is 0.826. The summed E-state index contributed by atoms with van der Waals surface area (Å²) in [4.78, 5) is 41.1. The molecule has 0 radical (unpaired) electrons. The number of fused-ring (bicyclic) bond motifs is 1. The molecule has 0 amide bonds. The molecule has 0 bridgehead atoms. The Balaban J connectivity index is 2.02. The predicted octanol–water partition coefficient (Wildman–Crippen LogP) is 2.35. The number of carbonyl (C=O) groups is 1. The van der Waals surface area contributed by atoms with Gasteiger partial charge in [-0.05, 0) is 29.5 Å². The zero-order chi connectivity index (χ0) is 22.0. The maximum absolute atomic E-state index is 13.3. The van der Waals surface area contributed by atoms with Crippen LogP contribution in [-0.4, -0.2) is 29.0 Å². The van der Waals surface area contributed by atoms with E-state index in [1.54, 1.807) is 7.05 Å². The van der Waals surface area contributed by atoms with Gasteiger partial charge < -0.3 is 10.2 Å². The first-order valence-electron chi connectivity index (χ1n) is 10.1. The molecule has 1 N–H and O–H groups in total. The number of aromatic nitrogens is 2. The lowest BCUT2D eigenvalue weighted by atomic mass is 9.69. The van der Waals surface area contributed by atoms with Crippen LogP contribution in [0.4, 0.5) is 11.5 Å². The second-order valence-corrected chi connectivity index (χ2v) is 9.35. The highest BCUT2D eigenvalue weighted by Crippen LogP contribution is 2.47. The van der Waals surface area contributed by atoms with Crippen LogP contribution in [0, 0.1) is 5.41 Å². The summed E-state index contributed by atoms with van der Waals surface area (Å²) >= 11 is 0. The summed E-state index contributed by atoms with van der Waals surface area (Å²) in [5.74, 6) is 0.0348. The minimum Gasteiger partial charge on any atom is -0.378 e. The third-order valence-corrected chi connectivity index (χ3v) is 6.21. The molecule has 2 heterocycles. The van der Waals surface area contributed by atoms with Gasteiger partial charge in [-0.1, -0.05) is 26.0 Å². The molecule has 1 aromatic heterocycles. The van der Waals surface area contributed by atoms with Crippen molar-refractivity contribution in [3.05, 3.63) is 67.5 Å². The number of ketones is 1. The monoisotopic (exact) mass is 408 g/mol. The van der Waals surface area contributed by atoms with Gasteiger partial charge >= 0.3 is 5.69 Å². The fraction of sp³-hybridized carbons (Fsp3) is 0.435. The molecule has 0 fully saturated rings. The number of hydrogen-bond donors (Lipinski definition) is 1. The molecule has 30 heavy (non-hydrogen) atoms. The first-order valence-corrected chi connectivity index (χ1v) is 10.1. The van der Waals surface area contributed by atoms with Crippen molar-refractivity contribution in [3.63, 3.8) is 0 Å². The molecule has 1 unspecified atom stereocenters. The fourth-order valence-corrected chi connectivity index (χ4v) is 4.65. The summed E-state index contributed by atoms with van der Waals surface area (Å²) in [5, 5.41) is 3.29. The summed E-state index contributed by atoms with van der Waals surface area (Å²) in [5.41, 5.74) is 2.88. The number of anilines is 2. The van der Waals surface area contributed by atoms with Gasteiger partial charge in [0.2, 0.25) is 0 Å². The minimum absolute atomic E-state index is 0.0528. The number of nitrogens with one attached hydrogen (secondary N) is 1. The molecule has 0 spiro atoms. The normalized spacial score (nSPS) is 19.8. The van der Waals surface area contributed by atoms with E-state index in [0.29, 0.717) is 29.8 Å². The number of Topliss-reactive ketones (excluding diaryl/α,β-unsaturated/α-hetero) is 1. The Labute approximate surface area is 175 Å². The highest BCUT2D eigenvalue weighted by atomic mass is 16.2. The minimum atomic E-state index is -0.499. The summed E-state index contributed by atoms with van der Waals surface area (Å²) < 4.78 is 2.58. The highest BCUT2D eigenvalue weighted by molar-refractivity contribution is 6.01. The molecule has 0 saturated carbocycles. The van der Waals surface area contributed by atoms with E-state index in [2.05, 4.69) is 19.2 Å². The van der Waals surface area contributed by atoms with Gasteiger partial charge in [0.1, 0.15) is 5.82 Å². The largest absolute Gasteiger partial charge is 0.378 e. The van der Waals surface area contributed by atoms with E-state index in [4.69, 9.17) is 0 Å². The molecule has 4 rings (SSSR count). The molecule has 1 aliphatic heterocycles. The van der Waals surface area contributed by atoms with Crippen LogP contribution in [0.2, 0.25) is 0 Å². The Morgan fingerprint density at radius 2 is 1.63 bits per heavy atom. The standard InChI is InChI=1S/C23H28N4O3/c1-23(2)11-15-18(16(28)12-23)17(13-7-9-14(10-8-13)25(3)4)19-20(24-15)26(5)22(30)27(6)21(19)29/h7-10,17,24H,11-12H2,1-6H3. The van der Waals surface area contributed by atoms with Crippen LogP contribution < -0.4 is 21.5 Å². The second-order valence-electron chi connectivity index (χ2n) is 9.35. The number of hydrogen-bond acceptors (Lipinski definition) is 5. The lowest BCUT2D eigenvalue weighted by Crippen LogP contribution is -2.45. The summed E-state index contributed by atoms with van der Waals surface area (Å²) in [7, 11) is 7.06. The van der Waals surface area contributed by atoms with Crippen LogP contribution in [0.5, 0.6) is 0 Å². The lowest BCUT2D eigenvalue weighted by molar-refractivity contribution is -0.118. The number of benzene rings is 1. The second kappa shape index (κ2) is 6.72. The average molecular weight is 409 g/mol. The summed E-state index contributed by atoms with van der Waals surface area (Å²) in [6.07, 6.45) is 1.12. The predicted molar refractivity (Wildman–Crippen MR) is 118 cm³/mol. The third-order valence-electron chi connectivity index (χ3n) is 6.21. The van der Waals surface area contributed by atoms with Crippen molar-refractivity contribution >= 4 is 17.3 Å². The molecular formula is C23H28N4O3. The van der Waals surface area contributed by atoms with Crippen LogP contribution in [0.1, 0.15) is 43.7 Å². The van der Waals surface area contributed by atoms with Gasteiger partial charge in [0.25, 0.3) is 5.56 Å². The zero-order valence-corrected chi connectivity index (χ0v) is 18.4. The van der Waals surface area contributed by atoms with Crippen LogP contribution >= 0.6 is 0 Å². The SMILES string of the molecule is CN(C)c1ccc(C2C3=C(CC(C)(C)CC3=O)Nc3c2c(=O)n(C)c(=O)n3C)cc1. The van der Waals surface area contributed by atoms with E-state index >= 15 is 0 Å². The van der Waals surface area contributed by atoms with Crippen molar-refractivity contribution in [3.8, 4) is 0 Å².